The molecule has 1 aliphatic heterocycles. The lowest BCUT2D eigenvalue weighted by Gasteiger charge is -2.36. The molecule has 0 bridgehead atoms. The topological polar surface area (TPSA) is 93.7 Å². The van der Waals surface area contributed by atoms with Crippen LogP contribution in [0.5, 0.6) is 0 Å². The standard InChI is InChI=1S/C7H11NO4/c1-3-5(9)7(11)6(10)4(2-8)12-3/h3-7,9-11H,1H3/t3-,4?,5-,6-,7+/m1/s1. The third-order valence-electron chi connectivity index (χ3n) is 1.98. The lowest BCUT2D eigenvalue weighted by Crippen LogP contribution is -2.56. The van der Waals surface area contributed by atoms with Crippen LogP contribution in [0.4, 0.5) is 0 Å². The molecule has 5 nitrogen and oxygen atoms in total. The van der Waals surface area contributed by atoms with Crippen LogP contribution in [-0.4, -0.2) is 45.8 Å². The number of nitrogens with zero attached hydrogens (tertiary/aromatic N) is 1. The Morgan fingerprint density at radius 3 is 2.25 bits per heavy atom. The predicted molar refractivity (Wildman–Crippen MR) is 38.0 cm³/mol. The molecular formula is C7H11NO4. The van der Waals surface area contributed by atoms with Crippen molar-refractivity contribution in [3.63, 3.8) is 0 Å². The van der Waals surface area contributed by atoms with Crippen molar-refractivity contribution in [1.29, 1.82) is 5.26 Å². The highest BCUT2D eigenvalue weighted by Gasteiger charge is 2.41. The Kier molecular flexibility index (Phi) is 2.65. The SMILES string of the molecule is C[C@H]1OC(C#N)[C@@H](O)[C@@H](O)[C@@H]1O. The fourth-order valence-electron chi connectivity index (χ4n) is 1.16. The van der Waals surface area contributed by atoms with Crippen LogP contribution in [0.2, 0.25) is 0 Å². The maximum atomic E-state index is 9.19. The number of ether oxygens (including phenoxy) is 1. The van der Waals surface area contributed by atoms with Gasteiger partial charge in [-0.05, 0) is 6.92 Å². The van der Waals surface area contributed by atoms with E-state index in [9.17, 15) is 10.2 Å². The van der Waals surface area contributed by atoms with Crippen molar-refractivity contribution in [2.45, 2.75) is 37.4 Å². The molecule has 1 unspecified atom stereocenters. The Hall–Kier alpha value is -0.670. The summed E-state index contributed by atoms with van der Waals surface area (Å²) >= 11 is 0. The molecular weight excluding hydrogens is 162 g/mol. The molecule has 0 amide bonds. The molecule has 3 N–H and O–H groups in total. The van der Waals surface area contributed by atoms with Crippen LogP contribution in [-0.2, 0) is 4.74 Å². The van der Waals surface area contributed by atoms with Gasteiger partial charge < -0.3 is 20.1 Å². The van der Waals surface area contributed by atoms with E-state index < -0.39 is 30.5 Å². The summed E-state index contributed by atoms with van der Waals surface area (Å²) in [6.45, 7) is 1.53. The molecule has 0 aromatic carbocycles. The van der Waals surface area contributed by atoms with Crippen LogP contribution in [0.1, 0.15) is 6.92 Å². The van der Waals surface area contributed by atoms with E-state index >= 15 is 0 Å². The fraction of sp³-hybridized carbons (Fsp3) is 0.857. The summed E-state index contributed by atoms with van der Waals surface area (Å²) in [6, 6.07) is 1.69. The summed E-state index contributed by atoms with van der Waals surface area (Å²) in [5, 5.41) is 36.0. The van der Waals surface area contributed by atoms with Gasteiger partial charge in [-0.3, -0.25) is 0 Å². The van der Waals surface area contributed by atoms with Gasteiger partial charge in [0.25, 0.3) is 0 Å². The lowest BCUT2D eigenvalue weighted by atomic mass is 9.96. The Bertz CT molecular complexity index is 202. The molecule has 1 heterocycles. The first-order valence-electron chi connectivity index (χ1n) is 3.67. The van der Waals surface area contributed by atoms with Crippen LogP contribution < -0.4 is 0 Å². The Labute approximate surface area is 69.8 Å². The summed E-state index contributed by atoms with van der Waals surface area (Å²) in [6.07, 6.45) is -5.46. The van der Waals surface area contributed by atoms with Gasteiger partial charge in [0.15, 0.2) is 6.10 Å². The van der Waals surface area contributed by atoms with Crippen LogP contribution in [0.25, 0.3) is 0 Å². The summed E-state index contributed by atoms with van der Waals surface area (Å²) in [4.78, 5) is 0. The van der Waals surface area contributed by atoms with E-state index in [4.69, 9.17) is 15.1 Å². The van der Waals surface area contributed by atoms with E-state index in [2.05, 4.69) is 0 Å². The fourth-order valence-corrected chi connectivity index (χ4v) is 1.16. The summed E-state index contributed by atoms with van der Waals surface area (Å²) in [7, 11) is 0. The minimum Gasteiger partial charge on any atom is -0.388 e. The van der Waals surface area contributed by atoms with Gasteiger partial charge in [-0.2, -0.15) is 5.26 Å². The van der Waals surface area contributed by atoms with Gasteiger partial charge in [0, 0.05) is 0 Å². The number of nitriles is 1. The van der Waals surface area contributed by atoms with E-state index in [1.807, 2.05) is 0 Å². The number of aliphatic hydroxyl groups excluding tert-OH is 3. The maximum Gasteiger partial charge on any atom is 0.172 e. The maximum absolute atomic E-state index is 9.19. The van der Waals surface area contributed by atoms with E-state index in [-0.39, 0.29) is 0 Å². The average molecular weight is 173 g/mol. The van der Waals surface area contributed by atoms with Crippen molar-refractivity contribution < 1.29 is 20.1 Å². The Balaban J connectivity index is 2.72. The molecule has 0 saturated carbocycles. The number of rotatable bonds is 0. The minimum absolute atomic E-state index is 0.631. The summed E-state index contributed by atoms with van der Waals surface area (Å²) in [5.41, 5.74) is 0. The van der Waals surface area contributed by atoms with Crippen LogP contribution in [0, 0.1) is 11.3 Å². The van der Waals surface area contributed by atoms with E-state index in [0.717, 1.165) is 0 Å². The van der Waals surface area contributed by atoms with Gasteiger partial charge in [-0.25, -0.2) is 0 Å². The van der Waals surface area contributed by atoms with Crippen LogP contribution in [0.15, 0.2) is 0 Å². The predicted octanol–water partition coefficient (Wildman–Crippen LogP) is -1.62. The van der Waals surface area contributed by atoms with Crippen molar-refractivity contribution in [2.24, 2.45) is 0 Å². The molecule has 5 atom stereocenters. The number of aliphatic hydroxyl groups is 3. The highest BCUT2D eigenvalue weighted by molar-refractivity contribution is 5.00. The first-order chi connectivity index (χ1) is 5.57. The molecule has 1 fully saturated rings. The van der Waals surface area contributed by atoms with E-state index in [1.54, 1.807) is 6.07 Å². The number of hydrogen-bond donors (Lipinski definition) is 3. The molecule has 1 rings (SSSR count). The van der Waals surface area contributed by atoms with Gasteiger partial charge in [0.1, 0.15) is 18.3 Å². The zero-order valence-corrected chi connectivity index (χ0v) is 6.58. The second kappa shape index (κ2) is 3.37. The molecule has 0 spiro atoms. The molecule has 0 aliphatic carbocycles. The molecule has 5 heteroatoms. The Morgan fingerprint density at radius 1 is 1.17 bits per heavy atom. The molecule has 0 radical (unpaired) electrons. The highest BCUT2D eigenvalue weighted by atomic mass is 16.5. The monoisotopic (exact) mass is 173 g/mol. The number of hydrogen-bond acceptors (Lipinski definition) is 5. The van der Waals surface area contributed by atoms with Crippen molar-refractivity contribution in [3.05, 3.63) is 0 Å². The highest BCUT2D eigenvalue weighted by Crippen LogP contribution is 2.19. The average Bonchev–Trinajstić information content (AvgIpc) is 2.08. The summed E-state index contributed by atoms with van der Waals surface area (Å²) < 4.78 is 4.91. The van der Waals surface area contributed by atoms with Crippen LogP contribution in [0.3, 0.4) is 0 Å². The smallest absolute Gasteiger partial charge is 0.172 e. The Morgan fingerprint density at radius 2 is 1.75 bits per heavy atom. The van der Waals surface area contributed by atoms with Gasteiger partial charge in [-0.1, -0.05) is 0 Å². The van der Waals surface area contributed by atoms with Gasteiger partial charge in [-0.15, -0.1) is 0 Å². The first-order valence-corrected chi connectivity index (χ1v) is 3.67. The van der Waals surface area contributed by atoms with Gasteiger partial charge in [0.05, 0.1) is 12.2 Å². The van der Waals surface area contributed by atoms with Gasteiger partial charge >= 0.3 is 0 Å². The quantitative estimate of drug-likeness (QED) is 0.409. The zero-order valence-electron chi connectivity index (χ0n) is 6.58. The summed E-state index contributed by atoms with van der Waals surface area (Å²) in [5.74, 6) is 0. The van der Waals surface area contributed by atoms with E-state index in [1.165, 1.54) is 6.92 Å². The third kappa shape index (κ3) is 1.42. The second-order valence-corrected chi connectivity index (χ2v) is 2.86. The zero-order chi connectivity index (χ0) is 9.30. The van der Waals surface area contributed by atoms with E-state index in [0.29, 0.717) is 0 Å². The first kappa shape index (κ1) is 9.42. The van der Waals surface area contributed by atoms with Gasteiger partial charge in [0.2, 0.25) is 0 Å². The normalized spacial score (nSPS) is 48.4. The molecule has 1 saturated heterocycles. The molecule has 1 aliphatic rings. The van der Waals surface area contributed by atoms with Crippen molar-refractivity contribution in [2.75, 3.05) is 0 Å². The van der Waals surface area contributed by atoms with Crippen LogP contribution >= 0.6 is 0 Å². The second-order valence-electron chi connectivity index (χ2n) is 2.86. The van der Waals surface area contributed by atoms with Crippen molar-refractivity contribution in [3.8, 4) is 6.07 Å². The molecule has 0 aromatic rings. The molecule has 0 aromatic heterocycles. The molecule has 12 heavy (non-hydrogen) atoms. The lowest BCUT2D eigenvalue weighted by molar-refractivity contribution is -0.201. The van der Waals surface area contributed by atoms with Crippen molar-refractivity contribution >= 4 is 0 Å². The third-order valence-corrected chi connectivity index (χ3v) is 1.98. The molecule has 68 valence electrons. The largest absolute Gasteiger partial charge is 0.388 e. The van der Waals surface area contributed by atoms with Crippen molar-refractivity contribution in [1.82, 2.24) is 0 Å². The minimum atomic E-state index is -1.33.